The number of carbonyl (C=O) groups excluding carboxylic acids is 1. The molecule has 0 unspecified atom stereocenters. The Labute approximate surface area is 126 Å². The van der Waals surface area contributed by atoms with Crippen LogP contribution in [0.5, 0.6) is 5.75 Å². The maximum absolute atomic E-state index is 12.4. The van der Waals surface area contributed by atoms with Gasteiger partial charge in [0.25, 0.3) is 0 Å². The number of carbonyl (C=O) groups is 1. The largest absolute Gasteiger partial charge is 0.496 e. The molecule has 0 aliphatic carbocycles. The maximum Gasteiger partial charge on any atom is 0.180 e. The minimum absolute atomic E-state index is 0.00372. The van der Waals surface area contributed by atoms with Gasteiger partial charge in [-0.05, 0) is 36.2 Å². The third-order valence-electron chi connectivity index (χ3n) is 2.89. The highest BCUT2D eigenvalue weighted by Gasteiger charge is 2.18. The molecule has 106 valence electrons. The van der Waals surface area contributed by atoms with E-state index in [4.69, 9.17) is 16.3 Å². The Morgan fingerprint density at radius 3 is 2.95 bits per heavy atom. The molecule has 0 atom stereocenters. The molecule has 0 aliphatic heterocycles. The standard InChI is InChI=1S/C14H15ClN2O2S/c1-3-4-11-14(20-17-16-11)12(18)8-9-7-10(15)5-6-13(9)19-2/h5-7H,3-4,8H2,1-2H3. The molecule has 0 N–H and O–H groups in total. The summed E-state index contributed by atoms with van der Waals surface area (Å²) in [6.45, 7) is 2.05. The van der Waals surface area contributed by atoms with E-state index < -0.39 is 0 Å². The number of nitrogens with zero attached hydrogens (tertiary/aromatic N) is 2. The summed E-state index contributed by atoms with van der Waals surface area (Å²) in [6, 6.07) is 5.26. The van der Waals surface area contributed by atoms with Crippen molar-refractivity contribution in [3.8, 4) is 5.75 Å². The fourth-order valence-corrected chi connectivity index (χ4v) is 2.80. The van der Waals surface area contributed by atoms with Gasteiger partial charge in [0, 0.05) is 17.0 Å². The van der Waals surface area contributed by atoms with E-state index in [0.29, 0.717) is 15.6 Å². The van der Waals surface area contributed by atoms with Gasteiger partial charge in [-0.2, -0.15) is 0 Å². The van der Waals surface area contributed by atoms with Crippen molar-refractivity contribution < 1.29 is 9.53 Å². The summed E-state index contributed by atoms with van der Waals surface area (Å²) in [5, 5.41) is 4.61. The molecule has 0 amide bonds. The van der Waals surface area contributed by atoms with Crippen LogP contribution in [-0.2, 0) is 12.8 Å². The zero-order valence-corrected chi connectivity index (χ0v) is 12.9. The van der Waals surface area contributed by atoms with E-state index >= 15 is 0 Å². The lowest BCUT2D eigenvalue weighted by atomic mass is 10.1. The molecule has 0 saturated heterocycles. The van der Waals surface area contributed by atoms with E-state index in [1.165, 1.54) is 0 Å². The summed E-state index contributed by atoms with van der Waals surface area (Å²) >= 11 is 7.12. The van der Waals surface area contributed by atoms with Gasteiger partial charge < -0.3 is 4.74 Å². The van der Waals surface area contributed by atoms with Gasteiger partial charge in [0.1, 0.15) is 10.6 Å². The number of benzene rings is 1. The number of hydrogen-bond donors (Lipinski definition) is 0. The molecule has 0 radical (unpaired) electrons. The topological polar surface area (TPSA) is 52.1 Å². The van der Waals surface area contributed by atoms with Crippen LogP contribution >= 0.6 is 23.1 Å². The Morgan fingerprint density at radius 2 is 2.25 bits per heavy atom. The predicted octanol–water partition coefficient (Wildman–Crippen LogP) is 3.58. The van der Waals surface area contributed by atoms with Crippen molar-refractivity contribution in [2.45, 2.75) is 26.2 Å². The third kappa shape index (κ3) is 3.35. The molecule has 2 aromatic rings. The molecular weight excluding hydrogens is 296 g/mol. The average Bonchev–Trinajstić information content (AvgIpc) is 2.88. The van der Waals surface area contributed by atoms with Gasteiger partial charge in [0.05, 0.1) is 12.8 Å². The average molecular weight is 311 g/mol. The van der Waals surface area contributed by atoms with Crippen LogP contribution < -0.4 is 4.74 Å². The minimum Gasteiger partial charge on any atom is -0.496 e. The molecule has 1 heterocycles. The molecule has 2 rings (SSSR count). The zero-order valence-electron chi connectivity index (χ0n) is 11.4. The van der Waals surface area contributed by atoms with E-state index in [0.717, 1.165) is 35.6 Å². The molecule has 6 heteroatoms. The van der Waals surface area contributed by atoms with E-state index in [1.54, 1.807) is 25.3 Å². The van der Waals surface area contributed by atoms with E-state index in [9.17, 15) is 4.79 Å². The third-order valence-corrected chi connectivity index (χ3v) is 3.93. The first kappa shape index (κ1) is 14.9. The van der Waals surface area contributed by atoms with Gasteiger partial charge in [-0.3, -0.25) is 4.79 Å². The molecule has 0 fully saturated rings. The van der Waals surface area contributed by atoms with Gasteiger partial charge in [0.2, 0.25) is 0 Å². The number of aryl methyl sites for hydroxylation is 1. The van der Waals surface area contributed by atoms with Gasteiger partial charge >= 0.3 is 0 Å². The molecule has 0 bridgehead atoms. The Balaban J connectivity index is 2.23. The van der Waals surface area contributed by atoms with Gasteiger partial charge in [-0.1, -0.05) is 29.4 Å². The molecule has 1 aromatic heterocycles. The molecule has 1 aromatic carbocycles. The number of methoxy groups -OCH3 is 1. The number of rotatable bonds is 6. The van der Waals surface area contributed by atoms with Gasteiger partial charge in [0.15, 0.2) is 5.78 Å². The van der Waals surface area contributed by atoms with Crippen molar-refractivity contribution in [1.82, 2.24) is 9.59 Å². The van der Waals surface area contributed by atoms with E-state index in [1.807, 2.05) is 6.92 Å². The lowest BCUT2D eigenvalue weighted by Gasteiger charge is -2.08. The van der Waals surface area contributed by atoms with Crippen LogP contribution in [-0.4, -0.2) is 22.5 Å². The van der Waals surface area contributed by atoms with Crippen LogP contribution in [0.1, 0.15) is 34.3 Å². The van der Waals surface area contributed by atoms with Gasteiger partial charge in [-0.15, -0.1) is 5.10 Å². The summed E-state index contributed by atoms with van der Waals surface area (Å²) in [4.78, 5) is 13.0. The fraction of sp³-hybridized carbons (Fsp3) is 0.357. The Kier molecular flexibility index (Phi) is 5.09. The van der Waals surface area contributed by atoms with Crippen molar-refractivity contribution in [2.24, 2.45) is 0 Å². The highest BCUT2D eigenvalue weighted by molar-refractivity contribution is 7.08. The monoisotopic (exact) mass is 310 g/mol. The Hall–Kier alpha value is -1.46. The summed E-state index contributed by atoms with van der Waals surface area (Å²) in [6.07, 6.45) is 1.95. The second-order valence-corrected chi connectivity index (χ2v) is 5.55. The summed E-state index contributed by atoms with van der Waals surface area (Å²) in [7, 11) is 1.58. The zero-order chi connectivity index (χ0) is 14.5. The summed E-state index contributed by atoms with van der Waals surface area (Å²) in [5.41, 5.74) is 1.56. The van der Waals surface area contributed by atoms with E-state index in [-0.39, 0.29) is 12.2 Å². The van der Waals surface area contributed by atoms with Crippen LogP contribution in [0, 0.1) is 0 Å². The Bertz CT molecular complexity index is 613. The smallest absolute Gasteiger partial charge is 0.180 e. The van der Waals surface area contributed by atoms with Crippen LogP contribution in [0.2, 0.25) is 5.02 Å². The lowest BCUT2D eigenvalue weighted by molar-refractivity contribution is 0.0995. The van der Waals surface area contributed by atoms with E-state index in [2.05, 4.69) is 9.59 Å². The van der Waals surface area contributed by atoms with Crippen molar-refractivity contribution in [2.75, 3.05) is 7.11 Å². The molecule has 0 spiro atoms. The van der Waals surface area contributed by atoms with Crippen molar-refractivity contribution >= 4 is 28.9 Å². The fourth-order valence-electron chi connectivity index (χ4n) is 1.96. The van der Waals surface area contributed by atoms with Gasteiger partial charge in [-0.25, -0.2) is 0 Å². The first-order valence-electron chi connectivity index (χ1n) is 6.32. The molecule has 0 aliphatic rings. The number of ether oxygens (including phenoxy) is 1. The molecule has 20 heavy (non-hydrogen) atoms. The van der Waals surface area contributed by atoms with Crippen LogP contribution in [0.25, 0.3) is 0 Å². The first-order valence-corrected chi connectivity index (χ1v) is 7.47. The SMILES string of the molecule is CCCc1nnsc1C(=O)Cc1cc(Cl)ccc1OC. The van der Waals surface area contributed by atoms with Crippen molar-refractivity contribution in [3.05, 3.63) is 39.4 Å². The van der Waals surface area contributed by atoms with Crippen LogP contribution in [0.4, 0.5) is 0 Å². The molecular formula is C14H15ClN2O2S. The lowest BCUT2D eigenvalue weighted by Crippen LogP contribution is -2.06. The number of aromatic nitrogens is 2. The molecule has 4 nitrogen and oxygen atoms in total. The molecule has 0 saturated carbocycles. The highest BCUT2D eigenvalue weighted by Crippen LogP contribution is 2.25. The predicted molar refractivity (Wildman–Crippen MR) is 79.9 cm³/mol. The second kappa shape index (κ2) is 6.81. The summed E-state index contributed by atoms with van der Waals surface area (Å²) in [5.74, 6) is 0.668. The number of hydrogen-bond acceptors (Lipinski definition) is 5. The number of ketones is 1. The van der Waals surface area contributed by atoms with Crippen LogP contribution in [0.15, 0.2) is 18.2 Å². The summed E-state index contributed by atoms with van der Waals surface area (Å²) < 4.78 is 9.13. The quantitative estimate of drug-likeness (QED) is 0.765. The van der Waals surface area contributed by atoms with Crippen LogP contribution in [0.3, 0.4) is 0 Å². The maximum atomic E-state index is 12.4. The highest BCUT2D eigenvalue weighted by atomic mass is 35.5. The number of Topliss-reactive ketones (excluding diaryl/α,β-unsaturated/α-hetero) is 1. The number of halogens is 1. The van der Waals surface area contributed by atoms with Crippen molar-refractivity contribution in [1.29, 1.82) is 0 Å². The minimum atomic E-state index is 0.00372. The Morgan fingerprint density at radius 1 is 1.45 bits per heavy atom. The van der Waals surface area contributed by atoms with Crippen molar-refractivity contribution in [3.63, 3.8) is 0 Å². The second-order valence-electron chi connectivity index (χ2n) is 4.35. The normalized spacial score (nSPS) is 10.6. The first-order chi connectivity index (χ1) is 9.65.